The highest BCUT2D eigenvalue weighted by atomic mass is 35.5. The molecule has 5 nitrogen and oxygen atoms in total. The van der Waals surface area contributed by atoms with Gasteiger partial charge in [0.2, 0.25) is 0 Å². The molecule has 2 N–H and O–H groups in total. The van der Waals surface area contributed by atoms with Crippen LogP contribution in [-0.2, 0) is 6.54 Å². The van der Waals surface area contributed by atoms with Gasteiger partial charge in [-0.05, 0) is 66.1 Å². The van der Waals surface area contributed by atoms with Crippen molar-refractivity contribution in [3.63, 3.8) is 0 Å². The summed E-state index contributed by atoms with van der Waals surface area (Å²) in [7, 11) is 0. The van der Waals surface area contributed by atoms with E-state index >= 15 is 0 Å². The fraction of sp³-hybridized carbons (Fsp3) is 0.143. The molecule has 1 aromatic heterocycles. The van der Waals surface area contributed by atoms with E-state index in [0.717, 1.165) is 33.6 Å². The minimum Gasteiger partial charge on any atom is -0.344 e. The molecule has 35 heavy (non-hydrogen) atoms. The third-order valence-corrected chi connectivity index (χ3v) is 6.30. The lowest BCUT2D eigenvalue weighted by Crippen LogP contribution is -2.30. The zero-order valence-corrected chi connectivity index (χ0v) is 19.9. The van der Waals surface area contributed by atoms with Crippen LogP contribution in [0.4, 0.5) is 4.39 Å². The molecule has 0 unspecified atom stereocenters. The lowest BCUT2D eigenvalue weighted by molar-refractivity contribution is 0.0933. The Morgan fingerprint density at radius 3 is 2.49 bits per heavy atom. The highest BCUT2D eigenvalue weighted by Gasteiger charge is 2.29. The zero-order valence-electron chi connectivity index (χ0n) is 19.1. The number of fused-ring (bicyclic) bond motifs is 1. The van der Waals surface area contributed by atoms with Crippen LogP contribution in [0.5, 0.6) is 0 Å². The normalized spacial score (nSPS) is 15.0. The van der Waals surface area contributed by atoms with Gasteiger partial charge in [-0.15, -0.1) is 0 Å². The third-order valence-electron chi connectivity index (χ3n) is 6.05. The molecule has 5 rings (SSSR count). The van der Waals surface area contributed by atoms with Gasteiger partial charge in [0.25, 0.3) is 5.91 Å². The molecule has 3 aromatic carbocycles. The second-order valence-electron chi connectivity index (χ2n) is 8.49. The molecule has 0 spiro atoms. The van der Waals surface area contributed by atoms with Crippen molar-refractivity contribution < 1.29 is 9.18 Å². The number of hydrogen-bond acceptors (Lipinski definition) is 3. The Bertz CT molecular complexity index is 1380. The molecule has 0 bridgehead atoms. The average molecular weight is 487 g/mol. The average Bonchev–Trinajstić information content (AvgIpc) is 3.27. The first-order valence-electron chi connectivity index (χ1n) is 11.4. The van der Waals surface area contributed by atoms with Crippen molar-refractivity contribution in [1.29, 1.82) is 0 Å². The Hall–Kier alpha value is -3.74. The highest BCUT2D eigenvalue weighted by molar-refractivity contribution is 6.30. The third kappa shape index (κ3) is 4.90. The van der Waals surface area contributed by atoms with E-state index in [1.54, 1.807) is 28.9 Å². The number of carbonyl (C=O) groups excluding carboxylic acids is 1. The molecule has 0 fully saturated rings. The standard InChI is InChI=1S/C28H24ClFN4O/c1-18(20-5-3-2-4-6-20)32-28(35)26-25-17-31-16-21(15-19-7-11-23(30)12-8-19)27(25)34(33-26)24-13-9-22(29)10-14-24/h2-15,18,31H,16-17H2,1H3,(H,32,35)/t18-/m1/s1. The van der Waals surface area contributed by atoms with Gasteiger partial charge in [-0.2, -0.15) is 5.10 Å². The Kier molecular flexibility index (Phi) is 6.49. The molecular formula is C28H24ClFN4O. The number of amides is 1. The van der Waals surface area contributed by atoms with E-state index in [0.29, 0.717) is 23.8 Å². The van der Waals surface area contributed by atoms with E-state index in [2.05, 4.69) is 10.6 Å². The smallest absolute Gasteiger partial charge is 0.272 e. The van der Waals surface area contributed by atoms with Crippen molar-refractivity contribution in [3.8, 4) is 5.69 Å². The summed E-state index contributed by atoms with van der Waals surface area (Å²) in [6, 6.07) is 23.3. The van der Waals surface area contributed by atoms with E-state index < -0.39 is 0 Å². The lowest BCUT2D eigenvalue weighted by atomic mass is 9.98. The molecular weight excluding hydrogens is 463 g/mol. The number of benzene rings is 3. The Morgan fingerprint density at radius 1 is 1.06 bits per heavy atom. The summed E-state index contributed by atoms with van der Waals surface area (Å²) in [5.41, 5.74) is 5.67. The first kappa shape index (κ1) is 23.0. The molecule has 0 aliphatic carbocycles. The van der Waals surface area contributed by atoms with Gasteiger partial charge in [0.15, 0.2) is 5.69 Å². The number of aromatic nitrogens is 2. The molecule has 0 saturated carbocycles. The molecule has 0 radical (unpaired) electrons. The highest BCUT2D eigenvalue weighted by Crippen LogP contribution is 2.31. The van der Waals surface area contributed by atoms with Crippen molar-refractivity contribution in [2.45, 2.75) is 19.5 Å². The van der Waals surface area contributed by atoms with Crippen molar-refractivity contribution in [2.24, 2.45) is 0 Å². The Morgan fingerprint density at radius 2 is 1.77 bits per heavy atom. The van der Waals surface area contributed by atoms with Gasteiger partial charge in [0, 0.05) is 23.7 Å². The van der Waals surface area contributed by atoms with E-state index in [9.17, 15) is 9.18 Å². The minimum absolute atomic E-state index is 0.175. The van der Waals surface area contributed by atoms with Crippen LogP contribution in [-0.4, -0.2) is 22.2 Å². The fourth-order valence-electron chi connectivity index (χ4n) is 4.27. The summed E-state index contributed by atoms with van der Waals surface area (Å²) in [5, 5.41) is 11.8. The maximum absolute atomic E-state index is 13.4. The lowest BCUT2D eigenvalue weighted by Gasteiger charge is -2.20. The fourth-order valence-corrected chi connectivity index (χ4v) is 4.40. The second-order valence-corrected chi connectivity index (χ2v) is 8.93. The van der Waals surface area contributed by atoms with Crippen molar-refractivity contribution in [1.82, 2.24) is 20.4 Å². The van der Waals surface area contributed by atoms with Gasteiger partial charge in [0.1, 0.15) is 5.82 Å². The largest absolute Gasteiger partial charge is 0.344 e. The maximum Gasteiger partial charge on any atom is 0.272 e. The van der Waals surface area contributed by atoms with Crippen LogP contribution in [0, 0.1) is 5.82 Å². The van der Waals surface area contributed by atoms with Crippen molar-refractivity contribution in [2.75, 3.05) is 6.54 Å². The second kappa shape index (κ2) is 9.86. The summed E-state index contributed by atoms with van der Waals surface area (Å²) in [6.45, 7) is 3.05. The monoisotopic (exact) mass is 486 g/mol. The quantitative estimate of drug-likeness (QED) is 0.375. The van der Waals surface area contributed by atoms with Crippen LogP contribution < -0.4 is 10.6 Å². The van der Waals surface area contributed by atoms with Gasteiger partial charge >= 0.3 is 0 Å². The van der Waals surface area contributed by atoms with Gasteiger partial charge in [0.05, 0.1) is 17.4 Å². The molecule has 1 atom stereocenters. The van der Waals surface area contributed by atoms with Crippen LogP contribution in [0.3, 0.4) is 0 Å². The molecule has 1 aliphatic heterocycles. The van der Waals surface area contributed by atoms with E-state index in [-0.39, 0.29) is 17.8 Å². The van der Waals surface area contributed by atoms with Crippen molar-refractivity contribution in [3.05, 3.63) is 118 Å². The summed E-state index contributed by atoms with van der Waals surface area (Å²) in [5.74, 6) is -0.526. The van der Waals surface area contributed by atoms with Gasteiger partial charge in [-0.1, -0.05) is 54.1 Å². The molecule has 176 valence electrons. The van der Waals surface area contributed by atoms with Crippen LogP contribution in [0.1, 0.15) is 45.8 Å². The maximum atomic E-state index is 13.4. The molecule has 7 heteroatoms. The number of nitrogens with zero attached hydrogens (tertiary/aromatic N) is 2. The predicted molar refractivity (Wildman–Crippen MR) is 137 cm³/mol. The van der Waals surface area contributed by atoms with Crippen LogP contribution >= 0.6 is 11.6 Å². The number of nitrogens with one attached hydrogen (secondary N) is 2. The first-order valence-corrected chi connectivity index (χ1v) is 11.8. The molecule has 1 aliphatic rings. The first-order chi connectivity index (χ1) is 17.0. The number of halogens is 2. The summed E-state index contributed by atoms with van der Waals surface area (Å²) >= 11 is 6.12. The summed E-state index contributed by atoms with van der Waals surface area (Å²) in [6.07, 6.45) is 1.99. The van der Waals surface area contributed by atoms with Gasteiger partial charge in [-0.25, -0.2) is 9.07 Å². The number of hydrogen-bond donors (Lipinski definition) is 2. The summed E-state index contributed by atoms with van der Waals surface area (Å²) < 4.78 is 15.2. The van der Waals surface area contributed by atoms with Crippen molar-refractivity contribution >= 4 is 29.2 Å². The Labute approximate surface area is 208 Å². The van der Waals surface area contributed by atoms with Crippen LogP contribution in [0.25, 0.3) is 17.3 Å². The topological polar surface area (TPSA) is 59.0 Å². The van der Waals surface area contributed by atoms with Gasteiger partial charge in [-0.3, -0.25) is 4.79 Å². The van der Waals surface area contributed by atoms with Gasteiger partial charge < -0.3 is 10.6 Å². The molecule has 2 heterocycles. The number of carbonyl (C=O) groups is 1. The molecule has 0 saturated heterocycles. The van der Waals surface area contributed by atoms with Crippen LogP contribution in [0.2, 0.25) is 5.02 Å². The number of rotatable bonds is 5. The zero-order chi connectivity index (χ0) is 24.4. The van der Waals surface area contributed by atoms with E-state index in [4.69, 9.17) is 16.7 Å². The molecule has 4 aromatic rings. The van der Waals surface area contributed by atoms with E-state index in [1.807, 2.05) is 55.5 Å². The predicted octanol–water partition coefficient (Wildman–Crippen LogP) is 5.80. The van der Waals surface area contributed by atoms with Crippen LogP contribution in [0.15, 0.2) is 78.9 Å². The minimum atomic E-state index is -0.285. The Balaban J connectivity index is 1.58. The molecule has 1 amide bonds. The van der Waals surface area contributed by atoms with E-state index in [1.165, 1.54) is 12.1 Å². The SMILES string of the molecule is C[C@@H](NC(=O)c1nn(-c2ccc(Cl)cc2)c2c1CNCC2=Cc1ccc(F)cc1)c1ccccc1. The summed E-state index contributed by atoms with van der Waals surface area (Å²) in [4.78, 5) is 13.4.